The number of nitrogens with one attached hydrogen (secondary N) is 1. The highest BCUT2D eigenvalue weighted by molar-refractivity contribution is 8.00. The minimum absolute atomic E-state index is 0.0107. The van der Waals surface area contributed by atoms with Gasteiger partial charge >= 0.3 is 0 Å². The van der Waals surface area contributed by atoms with Crippen LogP contribution in [0.2, 0.25) is 0 Å². The highest BCUT2D eigenvalue weighted by Crippen LogP contribution is 2.04. The van der Waals surface area contributed by atoms with Crippen LogP contribution in [-0.2, 0) is 14.3 Å². The third-order valence-electron chi connectivity index (χ3n) is 1.71. The molecule has 0 aliphatic heterocycles. The second-order valence-corrected chi connectivity index (χ2v) is 5.03. The Morgan fingerprint density at radius 3 is 2.62 bits per heavy atom. The van der Waals surface area contributed by atoms with Crippen molar-refractivity contribution < 1.29 is 14.3 Å². The van der Waals surface area contributed by atoms with Crippen LogP contribution in [-0.4, -0.2) is 48.5 Å². The molecule has 0 aromatic carbocycles. The zero-order valence-electron chi connectivity index (χ0n) is 9.78. The van der Waals surface area contributed by atoms with Crippen LogP contribution in [0.4, 0.5) is 0 Å². The molecule has 0 bridgehead atoms. The summed E-state index contributed by atoms with van der Waals surface area (Å²) >= 11 is 3.04. The summed E-state index contributed by atoms with van der Waals surface area (Å²) in [4.78, 5) is 21.8. The van der Waals surface area contributed by atoms with Gasteiger partial charge in [0.25, 0.3) is 0 Å². The Morgan fingerprint density at radius 2 is 2.00 bits per heavy atom. The lowest BCUT2D eigenvalue weighted by molar-refractivity contribution is -0.118. The van der Waals surface area contributed by atoms with Crippen LogP contribution in [0.3, 0.4) is 0 Å². The maximum Gasteiger partial charge on any atom is 0.229 e. The molecule has 0 aromatic rings. The molecule has 0 unspecified atom stereocenters. The second-order valence-electron chi connectivity index (χ2n) is 2.99. The fraction of sp³-hybridized carbons (Fsp3) is 0.800. The Balaban J connectivity index is 3.10. The molecule has 0 atom stereocenters. The molecular weight excluding hydrogens is 246 g/mol. The number of ether oxygens (including phenoxy) is 1. The number of ketones is 1. The lowest BCUT2D eigenvalue weighted by Crippen LogP contribution is -2.20. The highest BCUT2D eigenvalue weighted by Gasteiger charge is 1.99. The van der Waals surface area contributed by atoms with Crippen molar-refractivity contribution >= 4 is 35.2 Å². The monoisotopic (exact) mass is 265 g/mol. The Kier molecular flexibility index (Phi) is 11.1. The van der Waals surface area contributed by atoms with Crippen molar-refractivity contribution in [2.45, 2.75) is 13.3 Å². The van der Waals surface area contributed by atoms with Crippen molar-refractivity contribution in [2.24, 2.45) is 0 Å². The van der Waals surface area contributed by atoms with Crippen LogP contribution >= 0.6 is 23.5 Å². The summed E-state index contributed by atoms with van der Waals surface area (Å²) in [6.07, 6.45) is 0.607. The molecule has 0 spiro atoms. The molecule has 94 valence electrons. The summed E-state index contributed by atoms with van der Waals surface area (Å²) in [5.41, 5.74) is 0. The van der Waals surface area contributed by atoms with Gasteiger partial charge in [-0.05, 0) is 0 Å². The normalized spacial score (nSPS) is 10.1. The van der Waals surface area contributed by atoms with Crippen molar-refractivity contribution in [2.75, 3.05) is 36.9 Å². The van der Waals surface area contributed by atoms with Crippen LogP contribution in [0, 0.1) is 0 Å². The van der Waals surface area contributed by atoms with Gasteiger partial charge in [-0.15, -0.1) is 11.8 Å². The van der Waals surface area contributed by atoms with E-state index < -0.39 is 0 Å². The van der Waals surface area contributed by atoms with Crippen molar-refractivity contribution in [3.8, 4) is 0 Å². The number of rotatable bonds is 10. The number of Topliss-reactive ketones (excluding diaryl/α,β-unsaturated/α-hetero) is 1. The zero-order valence-corrected chi connectivity index (χ0v) is 11.4. The topological polar surface area (TPSA) is 55.4 Å². The van der Waals surface area contributed by atoms with E-state index in [9.17, 15) is 9.59 Å². The van der Waals surface area contributed by atoms with E-state index in [1.54, 1.807) is 18.8 Å². The van der Waals surface area contributed by atoms with E-state index in [-0.39, 0.29) is 11.7 Å². The maximum atomic E-state index is 10.9. The molecule has 0 rings (SSSR count). The van der Waals surface area contributed by atoms with Gasteiger partial charge in [-0.1, -0.05) is 6.92 Å². The Morgan fingerprint density at radius 1 is 1.25 bits per heavy atom. The molecule has 4 nitrogen and oxygen atoms in total. The Bertz CT molecular complexity index is 190. The van der Waals surface area contributed by atoms with Gasteiger partial charge in [-0.3, -0.25) is 9.59 Å². The van der Waals surface area contributed by atoms with E-state index in [0.29, 0.717) is 30.5 Å². The van der Waals surface area contributed by atoms with Gasteiger partial charge in [-0.2, -0.15) is 11.8 Å². The fourth-order valence-corrected chi connectivity index (χ4v) is 2.19. The number of hydrogen-bond acceptors (Lipinski definition) is 5. The molecule has 0 saturated carbocycles. The van der Waals surface area contributed by atoms with Crippen molar-refractivity contribution in [1.82, 2.24) is 5.32 Å². The number of thioether (sulfide) groups is 2. The lowest BCUT2D eigenvalue weighted by atomic mass is 10.4. The Labute approximate surface area is 105 Å². The minimum atomic E-state index is 0.0107. The molecule has 0 saturated heterocycles. The first-order chi connectivity index (χ1) is 7.70. The van der Waals surface area contributed by atoms with Gasteiger partial charge in [0.05, 0.1) is 24.1 Å². The molecule has 0 aliphatic rings. The van der Waals surface area contributed by atoms with Gasteiger partial charge in [0.1, 0.15) is 5.78 Å². The van der Waals surface area contributed by atoms with E-state index in [1.807, 2.05) is 6.92 Å². The van der Waals surface area contributed by atoms with Gasteiger partial charge in [-0.25, -0.2) is 0 Å². The van der Waals surface area contributed by atoms with Gasteiger partial charge in [0.15, 0.2) is 0 Å². The smallest absolute Gasteiger partial charge is 0.229 e. The van der Waals surface area contributed by atoms with E-state index in [4.69, 9.17) is 4.74 Å². The first-order valence-corrected chi connectivity index (χ1v) is 7.47. The predicted molar refractivity (Wildman–Crippen MR) is 70.0 cm³/mol. The molecule has 0 fully saturated rings. The van der Waals surface area contributed by atoms with Crippen LogP contribution in [0.15, 0.2) is 0 Å². The molecule has 0 heterocycles. The van der Waals surface area contributed by atoms with Crippen LogP contribution in [0.25, 0.3) is 0 Å². The largest absolute Gasteiger partial charge is 0.370 e. The number of carbonyl (C=O) groups excluding carboxylic acids is 2. The second kappa shape index (κ2) is 11.3. The van der Waals surface area contributed by atoms with Crippen LogP contribution in [0.1, 0.15) is 13.3 Å². The average Bonchev–Trinajstić information content (AvgIpc) is 2.31. The van der Waals surface area contributed by atoms with Gasteiger partial charge in [0.2, 0.25) is 5.91 Å². The van der Waals surface area contributed by atoms with E-state index >= 15 is 0 Å². The third kappa shape index (κ3) is 10.3. The van der Waals surface area contributed by atoms with Crippen molar-refractivity contribution in [1.29, 1.82) is 0 Å². The summed E-state index contributed by atoms with van der Waals surface area (Å²) in [6.45, 7) is 2.50. The van der Waals surface area contributed by atoms with Gasteiger partial charge < -0.3 is 10.1 Å². The third-order valence-corrected chi connectivity index (χ3v) is 3.49. The standard InChI is InChI=1S/C10H19NO3S2/c1-3-9(12)6-15-5-4-14-8-16-7-10(13)11-2/h3-8H2,1-2H3,(H,11,13). The summed E-state index contributed by atoms with van der Waals surface area (Å²) in [7, 11) is 1.62. The minimum Gasteiger partial charge on any atom is -0.370 e. The average molecular weight is 265 g/mol. The fourth-order valence-electron chi connectivity index (χ4n) is 0.730. The van der Waals surface area contributed by atoms with Crippen molar-refractivity contribution in [3.05, 3.63) is 0 Å². The predicted octanol–water partition coefficient (Wildman–Crippen LogP) is 1.15. The molecule has 0 aromatic heterocycles. The summed E-state index contributed by atoms with van der Waals surface area (Å²) < 4.78 is 5.29. The van der Waals surface area contributed by atoms with E-state index in [0.717, 1.165) is 5.75 Å². The number of carbonyl (C=O) groups is 2. The molecule has 1 N–H and O–H groups in total. The van der Waals surface area contributed by atoms with Crippen LogP contribution < -0.4 is 5.32 Å². The summed E-state index contributed by atoms with van der Waals surface area (Å²) in [5, 5.41) is 2.54. The number of hydrogen-bond donors (Lipinski definition) is 1. The molecule has 0 aliphatic carbocycles. The molecular formula is C10H19NO3S2. The van der Waals surface area contributed by atoms with Gasteiger partial charge in [0, 0.05) is 19.2 Å². The first kappa shape index (κ1) is 15.8. The maximum absolute atomic E-state index is 10.9. The first-order valence-electron chi connectivity index (χ1n) is 5.16. The SMILES string of the molecule is CCC(=O)CSCCOCSCC(=O)NC. The Hall–Kier alpha value is -0.200. The van der Waals surface area contributed by atoms with E-state index in [1.165, 1.54) is 11.8 Å². The van der Waals surface area contributed by atoms with Crippen molar-refractivity contribution in [3.63, 3.8) is 0 Å². The summed E-state index contributed by atoms with van der Waals surface area (Å²) in [5.74, 6) is 2.64. The lowest BCUT2D eigenvalue weighted by Gasteiger charge is -2.03. The molecule has 1 amide bonds. The number of amides is 1. The molecule has 0 radical (unpaired) electrons. The highest BCUT2D eigenvalue weighted by atomic mass is 32.2. The summed E-state index contributed by atoms with van der Waals surface area (Å²) in [6, 6.07) is 0. The van der Waals surface area contributed by atoms with Crippen LogP contribution in [0.5, 0.6) is 0 Å². The quantitative estimate of drug-likeness (QED) is 0.474. The van der Waals surface area contributed by atoms with E-state index in [2.05, 4.69) is 5.32 Å². The molecule has 16 heavy (non-hydrogen) atoms. The zero-order chi connectivity index (χ0) is 12.2. The molecule has 6 heteroatoms.